The molecule has 0 bridgehead atoms. The second kappa shape index (κ2) is 9.57. The number of hydrogen-bond acceptors (Lipinski definition) is 7. The number of aryl methyl sites for hydroxylation is 1. The largest absolute Gasteiger partial charge is 0.465 e. The Bertz CT molecular complexity index is 1360. The van der Waals surface area contributed by atoms with Gasteiger partial charge in [0, 0.05) is 34.8 Å². The number of aromatic nitrogens is 3. The molecule has 0 atom stereocenters. The molecule has 2 aromatic heterocycles. The molecule has 8 heteroatoms. The second-order valence-corrected chi connectivity index (χ2v) is 7.96. The molecule has 0 saturated carbocycles. The van der Waals surface area contributed by atoms with Crippen molar-refractivity contribution in [1.29, 1.82) is 5.26 Å². The third-order valence-corrected chi connectivity index (χ3v) is 5.03. The summed E-state index contributed by atoms with van der Waals surface area (Å²) in [5.74, 6) is -0.0401. The Morgan fingerprint density at radius 3 is 2.85 bits per heavy atom. The van der Waals surface area contributed by atoms with E-state index >= 15 is 0 Å². The zero-order valence-electron chi connectivity index (χ0n) is 18.2. The lowest BCUT2D eigenvalue weighted by Crippen LogP contribution is -2.11. The minimum atomic E-state index is -0.608. The molecule has 7 nitrogen and oxygen atoms in total. The van der Waals surface area contributed by atoms with Crippen molar-refractivity contribution < 1.29 is 18.4 Å². The molecule has 0 radical (unpaired) electrons. The lowest BCUT2D eigenvalue weighted by molar-refractivity contribution is -0.144. The van der Waals surface area contributed by atoms with Crippen molar-refractivity contribution in [1.82, 2.24) is 15.1 Å². The van der Waals surface area contributed by atoms with Gasteiger partial charge >= 0.3 is 5.97 Å². The molecule has 0 fully saturated rings. The van der Waals surface area contributed by atoms with Crippen molar-refractivity contribution in [3.05, 3.63) is 65.7 Å². The molecular weight excluding hydrogens is 423 g/mol. The van der Waals surface area contributed by atoms with Crippen LogP contribution in [-0.4, -0.2) is 27.7 Å². The van der Waals surface area contributed by atoms with E-state index in [2.05, 4.69) is 15.1 Å². The summed E-state index contributed by atoms with van der Waals surface area (Å²) in [7, 11) is 0. The number of ether oxygens (including phenoxy) is 1. The van der Waals surface area contributed by atoms with Crippen LogP contribution in [-0.2, 0) is 16.0 Å². The fraction of sp³-hybridized carbons (Fsp3) is 0.240. The highest BCUT2D eigenvalue weighted by Crippen LogP contribution is 2.30. The third kappa shape index (κ3) is 4.88. The Morgan fingerprint density at radius 1 is 1.21 bits per heavy atom. The van der Waals surface area contributed by atoms with Crippen molar-refractivity contribution in [3.8, 4) is 28.9 Å². The number of halogens is 1. The number of hydrogen-bond donors (Lipinski definition) is 0. The van der Waals surface area contributed by atoms with Gasteiger partial charge in [-0.1, -0.05) is 37.2 Å². The highest BCUT2D eigenvalue weighted by Gasteiger charge is 2.16. The Hall–Kier alpha value is -4.12. The summed E-state index contributed by atoms with van der Waals surface area (Å²) in [6.07, 6.45) is 2.36. The van der Waals surface area contributed by atoms with Gasteiger partial charge in [0.05, 0.1) is 18.6 Å². The number of pyridine rings is 1. The lowest BCUT2D eigenvalue weighted by atomic mass is 10.0. The number of carbonyl (C=O) groups excluding carboxylic acids is 1. The highest BCUT2D eigenvalue weighted by atomic mass is 19.1. The van der Waals surface area contributed by atoms with Crippen molar-refractivity contribution in [3.63, 3.8) is 0 Å². The summed E-state index contributed by atoms with van der Waals surface area (Å²) < 4.78 is 24.3. The lowest BCUT2D eigenvalue weighted by Gasteiger charge is -2.09. The van der Waals surface area contributed by atoms with E-state index in [0.717, 1.165) is 22.0 Å². The Morgan fingerprint density at radius 2 is 2.06 bits per heavy atom. The first kappa shape index (κ1) is 22.1. The zero-order chi connectivity index (χ0) is 23.4. The standard InChI is InChI=1S/C25H21FN4O3/c1-15(2)14-32-23(31)9-8-22-19-4-3-5-20(18(19)10-11-28-22)24-29-25(33-30-24)16-6-7-21(26)17(12-16)13-27/h3-7,10-12,15H,8-9,14H2,1-2H3. The third-order valence-electron chi connectivity index (χ3n) is 5.03. The van der Waals surface area contributed by atoms with Gasteiger partial charge in [-0.15, -0.1) is 0 Å². The number of benzene rings is 2. The first-order valence-corrected chi connectivity index (χ1v) is 10.5. The molecule has 0 unspecified atom stereocenters. The molecule has 0 amide bonds. The molecule has 4 aromatic rings. The molecular formula is C25H21FN4O3. The number of rotatable bonds is 7. The van der Waals surface area contributed by atoms with Gasteiger partial charge in [-0.25, -0.2) is 4.39 Å². The molecule has 0 spiro atoms. The fourth-order valence-corrected chi connectivity index (χ4v) is 3.41. The van der Waals surface area contributed by atoms with Crippen LogP contribution in [0.4, 0.5) is 4.39 Å². The number of carbonyl (C=O) groups is 1. The minimum Gasteiger partial charge on any atom is -0.465 e. The van der Waals surface area contributed by atoms with E-state index in [0.29, 0.717) is 24.4 Å². The van der Waals surface area contributed by atoms with Crippen LogP contribution in [0.15, 0.2) is 53.2 Å². The summed E-state index contributed by atoms with van der Waals surface area (Å²) in [6, 6.07) is 13.4. The number of esters is 1. The van der Waals surface area contributed by atoms with Crippen LogP contribution in [0, 0.1) is 23.1 Å². The summed E-state index contributed by atoms with van der Waals surface area (Å²) >= 11 is 0. The van der Waals surface area contributed by atoms with Crippen molar-refractivity contribution in [2.45, 2.75) is 26.7 Å². The first-order chi connectivity index (χ1) is 16.0. The maximum atomic E-state index is 13.6. The average Bonchev–Trinajstić information content (AvgIpc) is 3.31. The van der Waals surface area contributed by atoms with Crippen LogP contribution in [0.1, 0.15) is 31.5 Å². The molecule has 0 N–H and O–H groups in total. The van der Waals surface area contributed by atoms with Crippen molar-refractivity contribution >= 4 is 16.7 Å². The zero-order valence-corrected chi connectivity index (χ0v) is 18.2. The molecule has 33 heavy (non-hydrogen) atoms. The highest BCUT2D eigenvalue weighted by molar-refractivity contribution is 5.96. The van der Waals surface area contributed by atoms with Crippen LogP contribution < -0.4 is 0 Å². The smallest absolute Gasteiger partial charge is 0.306 e. The Balaban J connectivity index is 1.62. The van der Waals surface area contributed by atoms with Crippen LogP contribution in [0.5, 0.6) is 0 Å². The molecule has 0 saturated heterocycles. The van der Waals surface area contributed by atoms with Crippen molar-refractivity contribution in [2.75, 3.05) is 6.61 Å². The van der Waals surface area contributed by atoms with E-state index in [-0.39, 0.29) is 29.8 Å². The van der Waals surface area contributed by atoms with Crippen LogP contribution in [0.25, 0.3) is 33.6 Å². The van der Waals surface area contributed by atoms with Gasteiger partial charge in [0.15, 0.2) is 0 Å². The molecule has 0 aliphatic carbocycles. The van der Waals surface area contributed by atoms with Gasteiger partial charge in [0.2, 0.25) is 5.82 Å². The van der Waals surface area contributed by atoms with Gasteiger partial charge in [0.1, 0.15) is 11.9 Å². The fourth-order valence-electron chi connectivity index (χ4n) is 3.41. The van der Waals surface area contributed by atoms with E-state index in [1.807, 2.05) is 38.1 Å². The topological polar surface area (TPSA) is 102 Å². The summed E-state index contributed by atoms with van der Waals surface area (Å²) in [5, 5.41) is 14.9. The molecule has 4 rings (SSSR count). The summed E-state index contributed by atoms with van der Waals surface area (Å²) in [6.45, 7) is 4.38. The number of nitriles is 1. The molecule has 0 aliphatic heterocycles. The van der Waals surface area contributed by atoms with E-state index in [4.69, 9.17) is 14.5 Å². The van der Waals surface area contributed by atoms with Gasteiger partial charge in [-0.2, -0.15) is 10.2 Å². The second-order valence-electron chi connectivity index (χ2n) is 7.96. The Labute approximate surface area is 189 Å². The predicted molar refractivity (Wildman–Crippen MR) is 119 cm³/mol. The monoisotopic (exact) mass is 444 g/mol. The quantitative estimate of drug-likeness (QED) is 0.366. The normalized spacial score (nSPS) is 11.0. The van der Waals surface area contributed by atoms with E-state index in [1.54, 1.807) is 12.3 Å². The number of fused-ring (bicyclic) bond motifs is 1. The molecule has 2 heterocycles. The predicted octanol–water partition coefficient (Wildman–Crippen LogP) is 5.09. The maximum Gasteiger partial charge on any atom is 0.306 e. The van der Waals surface area contributed by atoms with Gasteiger partial charge in [0.25, 0.3) is 5.89 Å². The minimum absolute atomic E-state index is 0.0972. The SMILES string of the molecule is CC(C)COC(=O)CCc1nccc2c(-c3noc(-c4ccc(F)c(C#N)c4)n3)cccc12. The molecule has 166 valence electrons. The summed E-state index contributed by atoms with van der Waals surface area (Å²) in [4.78, 5) is 20.9. The van der Waals surface area contributed by atoms with Crippen LogP contribution >= 0.6 is 0 Å². The van der Waals surface area contributed by atoms with Gasteiger partial charge in [-0.05, 0) is 35.6 Å². The van der Waals surface area contributed by atoms with E-state index in [9.17, 15) is 9.18 Å². The van der Waals surface area contributed by atoms with Crippen LogP contribution in [0.2, 0.25) is 0 Å². The molecule has 2 aromatic carbocycles. The van der Waals surface area contributed by atoms with Crippen LogP contribution in [0.3, 0.4) is 0 Å². The first-order valence-electron chi connectivity index (χ1n) is 10.5. The van der Waals surface area contributed by atoms with Gasteiger partial charge < -0.3 is 9.26 Å². The maximum absolute atomic E-state index is 13.6. The van der Waals surface area contributed by atoms with Crippen molar-refractivity contribution in [2.24, 2.45) is 5.92 Å². The number of nitrogens with zero attached hydrogens (tertiary/aromatic N) is 4. The Kier molecular flexibility index (Phi) is 6.41. The van der Waals surface area contributed by atoms with E-state index in [1.165, 1.54) is 18.2 Å². The average molecular weight is 444 g/mol. The molecule has 0 aliphatic rings. The van der Waals surface area contributed by atoms with E-state index < -0.39 is 5.82 Å². The van der Waals surface area contributed by atoms with Gasteiger partial charge in [-0.3, -0.25) is 9.78 Å². The summed E-state index contributed by atoms with van der Waals surface area (Å²) in [5.41, 5.74) is 1.86.